The molecule has 1 fully saturated rings. The number of piperidine rings is 1. The first-order valence-electron chi connectivity index (χ1n) is 8.74. The van der Waals surface area contributed by atoms with Crippen LogP contribution < -0.4 is 0 Å². The molecule has 0 aliphatic carbocycles. The van der Waals surface area contributed by atoms with Gasteiger partial charge in [0.25, 0.3) is 0 Å². The Hall–Kier alpha value is -2.20. The van der Waals surface area contributed by atoms with Gasteiger partial charge in [-0.1, -0.05) is 41.5 Å². The number of halogens is 1. The average molecular weight is 341 g/mol. The Morgan fingerprint density at radius 3 is 2.12 bits per heavy atom. The van der Waals surface area contributed by atoms with Crippen LogP contribution in [0.3, 0.4) is 0 Å². The number of aliphatic carboxylic acids is 1. The van der Waals surface area contributed by atoms with Gasteiger partial charge in [-0.2, -0.15) is 0 Å². The van der Waals surface area contributed by atoms with Crippen LogP contribution in [0.4, 0.5) is 4.39 Å². The number of likely N-dealkylation sites (tertiary alicyclic amines) is 1. The first-order valence-corrected chi connectivity index (χ1v) is 8.74. The van der Waals surface area contributed by atoms with Gasteiger partial charge in [-0.25, -0.2) is 4.39 Å². The Balaban J connectivity index is 1.95. The maximum absolute atomic E-state index is 13.4. The number of carboxylic acid groups (broad SMARTS) is 1. The Morgan fingerprint density at radius 2 is 1.60 bits per heavy atom. The second kappa shape index (κ2) is 7.36. The molecule has 132 valence electrons. The van der Waals surface area contributed by atoms with Crippen LogP contribution in [0.5, 0.6) is 0 Å². The molecule has 1 aliphatic rings. The van der Waals surface area contributed by atoms with Crippen molar-refractivity contribution in [3.8, 4) is 0 Å². The summed E-state index contributed by atoms with van der Waals surface area (Å²) < 4.78 is 13.4. The summed E-state index contributed by atoms with van der Waals surface area (Å²) in [5, 5.41) is 9.24. The monoisotopic (exact) mass is 341 g/mol. The van der Waals surface area contributed by atoms with Crippen molar-refractivity contribution in [1.82, 2.24) is 4.90 Å². The third-order valence-electron chi connectivity index (χ3n) is 4.99. The van der Waals surface area contributed by atoms with Crippen LogP contribution in [0.25, 0.3) is 0 Å². The predicted octanol–water partition coefficient (Wildman–Crippen LogP) is 4.33. The summed E-state index contributed by atoms with van der Waals surface area (Å²) in [7, 11) is 0. The fourth-order valence-corrected chi connectivity index (χ4v) is 3.83. The van der Waals surface area contributed by atoms with Gasteiger partial charge < -0.3 is 5.11 Å². The van der Waals surface area contributed by atoms with Crippen molar-refractivity contribution in [3.63, 3.8) is 0 Å². The smallest absolute Gasteiger partial charge is 0.306 e. The zero-order valence-corrected chi connectivity index (χ0v) is 14.7. The summed E-state index contributed by atoms with van der Waals surface area (Å²) in [6.07, 6.45) is 1.30. The number of carboxylic acids is 1. The lowest BCUT2D eigenvalue weighted by Gasteiger charge is -2.37. The fourth-order valence-electron chi connectivity index (χ4n) is 3.83. The van der Waals surface area contributed by atoms with E-state index in [1.807, 2.05) is 12.1 Å². The molecule has 2 aromatic rings. The van der Waals surface area contributed by atoms with E-state index in [1.54, 1.807) is 0 Å². The Bertz CT molecular complexity index is 729. The molecule has 2 aromatic carbocycles. The van der Waals surface area contributed by atoms with Gasteiger partial charge in [0, 0.05) is 0 Å². The molecule has 1 aliphatic heterocycles. The number of nitrogens with zero attached hydrogens (tertiary/aromatic N) is 1. The van der Waals surface area contributed by atoms with E-state index in [9.17, 15) is 14.3 Å². The molecule has 0 bridgehead atoms. The quantitative estimate of drug-likeness (QED) is 0.900. The highest BCUT2D eigenvalue weighted by atomic mass is 19.1. The zero-order chi connectivity index (χ0) is 18.0. The van der Waals surface area contributed by atoms with Crippen molar-refractivity contribution in [2.24, 2.45) is 5.92 Å². The number of aryl methyl sites for hydroxylation is 2. The SMILES string of the molecule is Cc1cc(C)cc(C(c2ccc(F)cc2)N2CCC(C(=O)O)CC2)c1. The van der Waals surface area contributed by atoms with E-state index in [2.05, 4.69) is 36.9 Å². The average Bonchev–Trinajstić information content (AvgIpc) is 2.56. The largest absolute Gasteiger partial charge is 0.481 e. The lowest BCUT2D eigenvalue weighted by atomic mass is 9.90. The maximum Gasteiger partial charge on any atom is 0.306 e. The molecule has 0 spiro atoms. The van der Waals surface area contributed by atoms with Gasteiger partial charge in [-0.15, -0.1) is 0 Å². The zero-order valence-electron chi connectivity index (χ0n) is 14.7. The highest BCUT2D eigenvalue weighted by Crippen LogP contribution is 2.33. The van der Waals surface area contributed by atoms with Crippen LogP contribution in [-0.2, 0) is 4.79 Å². The number of rotatable bonds is 4. The van der Waals surface area contributed by atoms with E-state index in [-0.39, 0.29) is 17.8 Å². The van der Waals surface area contributed by atoms with Crippen LogP contribution in [0.1, 0.15) is 41.1 Å². The van der Waals surface area contributed by atoms with E-state index in [4.69, 9.17) is 0 Å². The molecular weight excluding hydrogens is 317 g/mol. The summed E-state index contributed by atoms with van der Waals surface area (Å²) in [6, 6.07) is 13.2. The van der Waals surface area contributed by atoms with Crippen LogP contribution in [0, 0.1) is 25.6 Å². The summed E-state index contributed by atoms with van der Waals surface area (Å²) in [5.41, 5.74) is 4.61. The third-order valence-corrected chi connectivity index (χ3v) is 4.99. The minimum Gasteiger partial charge on any atom is -0.481 e. The third kappa shape index (κ3) is 4.07. The molecule has 3 rings (SSSR count). The molecular formula is C21H24FNO2. The predicted molar refractivity (Wildman–Crippen MR) is 96.1 cm³/mol. The minimum absolute atomic E-state index is 0.0222. The first kappa shape index (κ1) is 17.6. The van der Waals surface area contributed by atoms with Gasteiger partial charge in [0.1, 0.15) is 5.82 Å². The lowest BCUT2D eigenvalue weighted by Crippen LogP contribution is -2.39. The number of benzene rings is 2. The fraction of sp³-hybridized carbons (Fsp3) is 0.381. The second-order valence-corrected chi connectivity index (χ2v) is 7.02. The summed E-state index contributed by atoms with van der Waals surface area (Å²) >= 11 is 0. The van der Waals surface area contributed by atoms with Gasteiger partial charge in [0.05, 0.1) is 12.0 Å². The molecule has 0 amide bonds. The summed E-state index contributed by atoms with van der Waals surface area (Å²) in [6.45, 7) is 5.61. The summed E-state index contributed by atoms with van der Waals surface area (Å²) in [5.74, 6) is -1.21. The highest BCUT2D eigenvalue weighted by Gasteiger charge is 2.30. The standard InChI is InChI=1S/C21H24FNO2/c1-14-11-15(2)13-18(12-14)20(16-3-5-19(22)6-4-16)23-9-7-17(8-10-23)21(24)25/h3-6,11-13,17,20H,7-10H2,1-2H3,(H,24,25). The maximum atomic E-state index is 13.4. The molecule has 1 saturated heterocycles. The molecule has 25 heavy (non-hydrogen) atoms. The van der Waals surface area contributed by atoms with Crippen LogP contribution in [-0.4, -0.2) is 29.1 Å². The normalized spacial score (nSPS) is 17.4. The van der Waals surface area contributed by atoms with E-state index in [1.165, 1.54) is 28.8 Å². The molecule has 0 aromatic heterocycles. The number of hydrogen-bond donors (Lipinski definition) is 1. The van der Waals surface area contributed by atoms with E-state index in [0.29, 0.717) is 12.8 Å². The molecule has 1 atom stereocenters. The first-order chi connectivity index (χ1) is 11.9. The van der Waals surface area contributed by atoms with Crippen molar-refractivity contribution in [1.29, 1.82) is 0 Å². The molecule has 1 N–H and O–H groups in total. The molecule has 4 heteroatoms. The molecule has 1 unspecified atom stereocenters. The molecule has 0 radical (unpaired) electrons. The van der Waals surface area contributed by atoms with Gasteiger partial charge in [0.15, 0.2) is 0 Å². The van der Waals surface area contributed by atoms with Gasteiger partial charge in [-0.3, -0.25) is 9.69 Å². The van der Waals surface area contributed by atoms with Crippen LogP contribution >= 0.6 is 0 Å². The molecule has 1 heterocycles. The van der Waals surface area contributed by atoms with Gasteiger partial charge in [-0.05, 0) is 63.0 Å². The van der Waals surface area contributed by atoms with Crippen LogP contribution in [0.2, 0.25) is 0 Å². The van der Waals surface area contributed by atoms with Gasteiger partial charge >= 0.3 is 5.97 Å². The highest BCUT2D eigenvalue weighted by molar-refractivity contribution is 5.70. The topological polar surface area (TPSA) is 40.5 Å². The van der Waals surface area contributed by atoms with Crippen LogP contribution in [0.15, 0.2) is 42.5 Å². The van der Waals surface area contributed by atoms with E-state index >= 15 is 0 Å². The Labute approximate surface area is 148 Å². The van der Waals surface area contributed by atoms with Crippen molar-refractivity contribution < 1.29 is 14.3 Å². The Kier molecular flexibility index (Phi) is 5.19. The van der Waals surface area contributed by atoms with Gasteiger partial charge in [0.2, 0.25) is 0 Å². The van der Waals surface area contributed by atoms with Crippen molar-refractivity contribution in [2.45, 2.75) is 32.7 Å². The minimum atomic E-state index is -0.704. The Morgan fingerprint density at radius 1 is 1.04 bits per heavy atom. The number of carbonyl (C=O) groups is 1. The summed E-state index contributed by atoms with van der Waals surface area (Å²) in [4.78, 5) is 13.6. The van der Waals surface area contributed by atoms with E-state index < -0.39 is 5.97 Å². The number of hydrogen-bond acceptors (Lipinski definition) is 2. The molecule has 0 saturated carbocycles. The lowest BCUT2D eigenvalue weighted by molar-refractivity contribution is -0.143. The second-order valence-electron chi connectivity index (χ2n) is 7.02. The van der Waals surface area contributed by atoms with Crippen molar-refractivity contribution >= 4 is 5.97 Å². The van der Waals surface area contributed by atoms with Crippen molar-refractivity contribution in [2.75, 3.05) is 13.1 Å². The van der Waals surface area contributed by atoms with Crippen molar-refractivity contribution in [3.05, 3.63) is 70.5 Å². The van der Waals surface area contributed by atoms with E-state index in [0.717, 1.165) is 18.7 Å². The molecule has 3 nitrogen and oxygen atoms in total.